The first-order valence-electron chi connectivity index (χ1n) is 6.42. The predicted molar refractivity (Wildman–Crippen MR) is 85.2 cm³/mol. The molecule has 110 valence electrons. The van der Waals surface area contributed by atoms with Gasteiger partial charge in [0.2, 0.25) is 0 Å². The minimum Gasteiger partial charge on any atom is -0.389 e. The Morgan fingerprint density at radius 1 is 1.33 bits per heavy atom. The maximum atomic E-state index is 11.1. The number of hydrogen-bond donors (Lipinski definition) is 2. The summed E-state index contributed by atoms with van der Waals surface area (Å²) in [5.74, 6) is 0. The molecule has 0 spiro atoms. The third-order valence-corrected chi connectivity index (χ3v) is 3.62. The lowest BCUT2D eigenvalue weighted by molar-refractivity contribution is -0.385. The van der Waals surface area contributed by atoms with Crippen molar-refractivity contribution in [2.45, 2.75) is 19.6 Å². The second-order valence-electron chi connectivity index (χ2n) is 4.65. The van der Waals surface area contributed by atoms with Gasteiger partial charge in [0.1, 0.15) is 0 Å². The molecule has 0 radical (unpaired) electrons. The third kappa shape index (κ3) is 3.80. The molecule has 2 aromatic rings. The van der Waals surface area contributed by atoms with Gasteiger partial charge in [-0.15, -0.1) is 0 Å². The second-order valence-corrected chi connectivity index (χ2v) is 5.56. The van der Waals surface area contributed by atoms with Gasteiger partial charge in [-0.3, -0.25) is 10.1 Å². The minimum absolute atomic E-state index is 0.0615. The van der Waals surface area contributed by atoms with Gasteiger partial charge in [-0.2, -0.15) is 0 Å². The summed E-state index contributed by atoms with van der Waals surface area (Å²) in [7, 11) is 0. The maximum absolute atomic E-state index is 11.1. The first-order chi connectivity index (χ1) is 9.99. The molecular formula is C15H15BrN2O3. The average molecular weight is 351 g/mol. The van der Waals surface area contributed by atoms with Gasteiger partial charge < -0.3 is 10.4 Å². The largest absolute Gasteiger partial charge is 0.389 e. The van der Waals surface area contributed by atoms with E-state index in [4.69, 9.17) is 0 Å². The number of hydrogen-bond acceptors (Lipinski definition) is 4. The molecule has 0 saturated heterocycles. The van der Waals surface area contributed by atoms with E-state index in [2.05, 4.69) is 21.2 Å². The van der Waals surface area contributed by atoms with E-state index >= 15 is 0 Å². The quantitative estimate of drug-likeness (QED) is 0.630. The molecule has 21 heavy (non-hydrogen) atoms. The highest BCUT2D eigenvalue weighted by Crippen LogP contribution is 2.26. The van der Waals surface area contributed by atoms with Crippen LogP contribution in [0.1, 0.15) is 24.2 Å². The van der Waals surface area contributed by atoms with E-state index in [1.807, 2.05) is 24.3 Å². The summed E-state index contributed by atoms with van der Waals surface area (Å²) in [6, 6.07) is 12.3. The van der Waals surface area contributed by atoms with Gasteiger partial charge in [0.15, 0.2) is 0 Å². The van der Waals surface area contributed by atoms with Crippen LogP contribution in [0.5, 0.6) is 0 Å². The van der Waals surface area contributed by atoms with Gasteiger partial charge in [0, 0.05) is 33.9 Å². The fraction of sp³-hybridized carbons (Fsp3) is 0.200. The Morgan fingerprint density at radius 3 is 2.71 bits per heavy atom. The molecule has 0 amide bonds. The van der Waals surface area contributed by atoms with Crippen LogP contribution in [-0.4, -0.2) is 10.0 Å². The summed E-state index contributed by atoms with van der Waals surface area (Å²) in [6.07, 6.45) is -0.603. The topological polar surface area (TPSA) is 75.4 Å². The highest BCUT2D eigenvalue weighted by atomic mass is 79.9. The van der Waals surface area contributed by atoms with Crippen molar-refractivity contribution in [2.75, 3.05) is 5.32 Å². The van der Waals surface area contributed by atoms with Crippen molar-refractivity contribution in [2.24, 2.45) is 0 Å². The van der Waals surface area contributed by atoms with Crippen molar-refractivity contribution in [3.63, 3.8) is 0 Å². The minimum atomic E-state index is -0.603. The standard InChI is InChI=1S/C15H15BrN2O3/c1-10(19)13-4-2-3-5-14(13)17-9-11-6-7-12(16)8-15(11)18(20)21/h2-8,10,17,19H,9H2,1H3. The monoisotopic (exact) mass is 350 g/mol. The number of aliphatic hydroxyl groups is 1. The lowest BCUT2D eigenvalue weighted by Gasteiger charge is -2.14. The number of nitrogens with zero attached hydrogens (tertiary/aromatic N) is 1. The lowest BCUT2D eigenvalue weighted by Crippen LogP contribution is -2.06. The molecule has 6 heteroatoms. The van der Waals surface area contributed by atoms with Gasteiger partial charge in [0.05, 0.1) is 11.0 Å². The number of para-hydroxylation sites is 1. The van der Waals surface area contributed by atoms with E-state index in [0.717, 1.165) is 11.3 Å². The number of halogens is 1. The summed E-state index contributed by atoms with van der Waals surface area (Å²) >= 11 is 3.23. The number of nitro groups is 1. The van der Waals surface area contributed by atoms with Crippen molar-refractivity contribution in [1.29, 1.82) is 0 Å². The van der Waals surface area contributed by atoms with Crippen LogP contribution in [0.2, 0.25) is 0 Å². The molecule has 0 aliphatic heterocycles. The molecule has 0 aliphatic carbocycles. The third-order valence-electron chi connectivity index (χ3n) is 3.12. The van der Waals surface area contributed by atoms with Gasteiger partial charge in [-0.1, -0.05) is 34.1 Å². The van der Waals surface area contributed by atoms with Crippen LogP contribution in [0.4, 0.5) is 11.4 Å². The Kier molecular flexibility index (Phi) is 4.93. The van der Waals surface area contributed by atoms with Crippen LogP contribution in [0, 0.1) is 10.1 Å². The Hall–Kier alpha value is -1.92. The smallest absolute Gasteiger partial charge is 0.275 e. The van der Waals surface area contributed by atoms with Crippen molar-refractivity contribution in [3.05, 3.63) is 68.2 Å². The van der Waals surface area contributed by atoms with E-state index < -0.39 is 11.0 Å². The fourth-order valence-electron chi connectivity index (χ4n) is 2.07. The zero-order valence-electron chi connectivity index (χ0n) is 11.4. The van der Waals surface area contributed by atoms with Crippen molar-refractivity contribution >= 4 is 27.3 Å². The zero-order valence-corrected chi connectivity index (χ0v) is 13.0. The Bertz CT molecular complexity index is 659. The van der Waals surface area contributed by atoms with Gasteiger partial charge in [-0.05, 0) is 25.1 Å². The fourth-order valence-corrected chi connectivity index (χ4v) is 2.42. The number of aliphatic hydroxyl groups excluding tert-OH is 1. The Balaban J connectivity index is 2.23. The highest BCUT2D eigenvalue weighted by molar-refractivity contribution is 9.10. The van der Waals surface area contributed by atoms with Crippen LogP contribution in [0.3, 0.4) is 0 Å². The zero-order chi connectivity index (χ0) is 15.4. The summed E-state index contributed by atoms with van der Waals surface area (Å²) in [4.78, 5) is 10.7. The molecule has 0 aliphatic rings. The molecule has 2 rings (SSSR count). The van der Waals surface area contributed by atoms with E-state index in [0.29, 0.717) is 16.6 Å². The Morgan fingerprint density at radius 2 is 2.05 bits per heavy atom. The number of rotatable bonds is 5. The molecule has 0 saturated carbocycles. The number of nitro benzene ring substituents is 1. The molecule has 1 unspecified atom stereocenters. The van der Waals surface area contributed by atoms with E-state index in [9.17, 15) is 15.2 Å². The maximum Gasteiger partial charge on any atom is 0.275 e. The number of nitrogens with one attached hydrogen (secondary N) is 1. The second kappa shape index (κ2) is 6.69. The molecule has 2 aromatic carbocycles. The summed E-state index contributed by atoms with van der Waals surface area (Å²) < 4.78 is 0.669. The normalized spacial score (nSPS) is 12.0. The molecular weight excluding hydrogens is 336 g/mol. The first kappa shape index (κ1) is 15.5. The van der Waals surface area contributed by atoms with Crippen LogP contribution in [0.15, 0.2) is 46.9 Å². The van der Waals surface area contributed by atoms with Crippen molar-refractivity contribution in [3.8, 4) is 0 Å². The average Bonchev–Trinajstić information content (AvgIpc) is 2.46. The first-order valence-corrected chi connectivity index (χ1v) is 7.22. The summed E-state index contributed by atoms with van der Waals surface area (Å²) in [5.41, 5.74) is 2.18. The predicted octanol–water partition coefficient (Wildman–Crippen LogP) is 4.02. The van der Waals surface area contributed by atoms with Crippen molar-refractivity contribution in [1.82, 2.24) is 0 Å². The number of anilines is 1. The molecule has 0 aromatic heterocycles. The van der Waals surface area contributed by atoms with E-state index in [1.54, 1.807) is 19.1 Å². The van der Waals surface area contributed by atoms with Crippen LogP contribution < -0.4 is 5.32 Å². The summed E-state index contributed by atoms with van der Waals surface area (Å²) in [6.45, 7) is 2.00. The molecule has 0 bridgehead atoms. The van der Waals surface area contributed by atoms with Gasteiger partial charge >= 0.3 is 0 Å². The molecule has 5 nitrogen and oxygen atoms in total. The lowest BCUT2D eigenvalue weighted by atomic mass is 10.1. The summed E-state index contributed by atoms with van der Waals surface area (Å²) in [5, 5.41) is 23.9. The van der Waals surface area contributed by atoms with Gasteiger partial charge in [-0.25, -0.2) is 0 Å². The molecule has 1 atom stereocenters. The molecule has 0 heterocycles. The van der Waals surface area contributed by atoms with E-state index in [-0.39, 0.29) is 5.69 Å². The molecule has 2 N–H and O–H groups in total. The number of benzene rings is 2. The van der Waals surface area contributed by atoms with Crippen LogP contribution in [-0.2, 0) is 6.54 Å². The SMILES string of the molecule is CC(O)c1ccccc1NCc1ccc(Br)cc1[N+](=O)[O-]. The van der Waals surface area contributed by atoms with Crippen molar-refractivity contribution < 1.29 is 10.0 Å². The van der Waals surface area contributed by atoms with E-state index in [1.165, 1.54) is 6.07 Å². The molecule has 0 fully saturated rings. The van der Waals surface area contributed by atoms with Crippen LogP contribution >= 0.6 is 15.9 Å². The highest BCUT2D eigenvalue weighted by Gasteiger charge is 2.14. The Labute approximate surface area is 130 Å². The van der Waals surface area contributed by atoms with Gasteiger partial charge in [0.25, 0.3) is 5.69 Å². The van der Waals surface area contributed by atoms with Crippen LogP contribution in [0.25, 0.3) is 0 Å².